The lowest BCUT2D eigenvalue weighted by Gasteiger charge is -2.03. The van der Waals surface area contributed by atoms with Crippen LogP contribution in [-0.2, 0) is 11.2 Å². The minimum Gasteiger partial charge on any atom is -0.457 e. The zero-order chi connectivity index (χ0) is 15.5. The Labute approximate surface area is 126 Å². The van der Waals surface area contributed by atoms with E-state index in [1.54, 1.807) is 12.3 Å². The van der Waals surface area contributed by atoms with Crippen LogP contribution in [-0.4, -0.2) is 23.3 Å². The number of fused-ring (bicyclic) bond motifs is 1. The molecule has 0 aliphatic rings. The van der Waals surface area contributed by atoms with Gasteiger partial charge < -0.3 is 14.1 Å². The van der Waals surface area contributed by atoms with Crippen molar-refractivity contribution in [1.82, 2.24) is 4.98 Å². The zero-order valence-electron chi connectivity index (χ0n) is 12.1. The van der Waals surface area contributed by atoms with Crippen LogP contribution in [0, 0.1) is 0 Å². The molecular weight excluding hydrogens is 282 g/mol. The number of Topliss-reactive ketones (excluding diaryl/α,β-unsaturated/α-hetero) is 1. The van der Waals surface area contributed by atoms with E-state index < -0.39 is 5.97 Å². The summed E-state index contributed by atoms with van der Waals surface area (Å²) in [6, 6.07) is 8.90. The second-order valence-corrected chi connectivity index (χ2v) is 4.87. The van der Waals surface area contributed by atoms with Crippen molar-refractivity contribution in [2.45, 2.75) is 13.3 Å². The van der Waals surface area contributed by atoms with Crippen LogP contribution in [0.1, 0.15) is 33.4 Å². The Balaban J connectivity index is 1.77. The number of rotatable bonds is 5. The maximum Gasteiger partial charge on any atom is 0.374 e. The molecule has 0 fully saturated rings. The highest BCUT2D eigenvalue weighted by molar-refractivity contribution is 6.09. The quantitative estimate of drug-likeness (QED) is 0.579. The van der Waals surface area contributed by atoms with Gasteiger partial charge in [0.05, 0.1) is 6.26 Å². The van der Waals surface area contributed by atoms with E-state index in [0.717, 1.165) is 22.9 Å². The van der Waals surface area contributed by atoms with Crippen LogP contribution in [0.25, 0.3) is 10.9 Å². The van der Waals surface area contributed by atoms with Gasteiger partial charge in [0.15, 0.2) is 6.61 Å². The van der Waals surface area contributed by atoms with Crippen LogP contribution >= 0.6 is 0 Å². The number of aryl methyl sites for hydroxylation is 1. The highest BCUT2D eigenvalue weighted by Crippen LogP contribution is 2.22. The Morgan fingerprint density at radius 3 is 2.82 bits per heavy atom. The molecular formula is C17H15NO4. The molecule has 2 aromatic heterocycles. The number of ketones is 1. The molecule has 0 aliphatic carbocycles. The lowest BCUT2D eigenvalue weighted by molar-refractivity contribution is 0.0444. The average molecular weight is 297 g/mol. The number of aromatic amines is 1. The first-order valence-corrected chi connectivity index (χ1v) is 7.03. The summed E-state index contributed by atoms with van der Waals surface area (Å²) in [6.45, 7) is 1.74. The molecule has 5 heteroatoms. The van der Waals surface area contributed by atoms with Crippen LogP contribution in [0.3, 0.4) is 0 Å². The smallest absolute Gasteiger partial charge is 0.374 e. The Morgan fingerprint density at radius 2 is 2.09 bits per heavy atom. The van der Waals surface area contributed by atoms with Crippen LogP contribution in [0.4, 0.5) is 0 Å². The number of nitrogens with one attached hydrogen (secondary N) is 1. The fraction of sp³-hybridized carbons (Fsp3) is 0.176. The number of esters is 1. The number of hydrogen-bond acceptors (Lipinski definition) is 4. The standard InChI is InChI=1S/C17H15NO4/c1-2-11-5-3-6-12-13(9-18-16(11)12)14(19)10-22-17(20)15-7-4-8-21-15/h3-9,18H,2,10H2,1H3. The molecule has 0 amide bonds. The van der Waals surface area contributed by atoms with Gasteiger partial charge in [-0.25, -0.2) is 4.79 Å². The summed E-state index contributed by atoms with van der Waals surface area (Å²) in [5.41, 5.74) is 2.62. The minimum absolute atomic E-state index is 0.0833. The number of carbonyl (C=O) groups excluding carboxylic acids is 2. The van der Waals surface area contributed by atoms with E-state index in [1.807, 2.05) is 18.2 Å². The molecule has 2 heterocycles. The van der Waals surface area contributed by atoms with E-state index in [4.69, 9.17) is 9.15 Å². The number of H-pyrrole nitrogens is 1. The molecule has 22 heavy (non-hydrogen) atoms. The van der Waals surface area contributed by atoms with Gasteiger partial charge in [-0.05, 0) is 24.1 Å². The summed E-state index contributed by atoms with van der Waals surface area (Å²) in [5, 5.41) is 0.846. The lowest BCUT2D eigenvalue weighted by Crippen LogP contribution is -2.13. The highest BCUT2D eigenvalue weighted by Gasteiger charge is 2.17. The summed E-state index contributed by atoms with van der Waals surface area (Å²) in [7, 11) is 0. The molecule has 0 aliphatic heterocycles. The van der Waals surface area contributed by atoms with Gasteiger partial charge in [-0.1, -0.05) is 25.1 Å². The minimum atomic E-state index is -0.646. The molecule has 0 radical (unpaired) electrons. The van der Waals surface area contributed by atoms with Crippen LogP contribution in [0.2, 0.25) is 0 Å². The second kappa shape index (κ2) is 5.89. The van der Waals surface area contributed by atoms with Gasteiger partial charge in [-0.15, -0.1) is 0 Å². The number of aromatic nitrogens is 1. The van der Waals surface area contributed by atoms with Gasteiger partial charge >= 0.3 is 5.97 Å². The lowest BCUT2D eigenvalue weighted by atomic mass is 10.1. The van der Waals surface area contributed by atoms with Gasteiger partial charge in [0, 0.05) is 22.7 Å². The van der Waals surface area contributed by atoms with Gasteiger partial charge in [0.25, 0.3) is 0 Å². The van der Waals surface area contributed by atoms with E-state index >= 15 is 0 Å². The number of carbonyl (C=O) groups is 2. The van der Waals surface area contributed by atoms with Crippen molar-refractivity contribution < 1.29 is 18.7 Å². The summed E-state index contributed by atoms with van der Waals surface area (Å²) in [5.74, 6) is -0.813. The molecule has 0 bridgehead atoms. The molecule has 0 unspecified atom stereocenters. The van der Waals surface area contributed by atoms with Gasteiger partial charge in [0.1, 0.15) is 0 Å². The number of para-hydroxylation sites is 1. The Kier molecular flexibility index (Phi) is 3.78. The van der Waals surface area contributed by atoms with Crippen molar-refractivity contribution in [2.24, 2.45) is 0 Å². The van der Waals surface area contributed by atoms with Crippen LogP contribution < -0.4 is 0 Å². The maximum atomic E-state index is 12.3. The zero-order valence-corrected chi connectivity index (χ0v) is 12.1. The normalized spacial score (nSPS) is 10.8. The number of hydrogen-bond donors (Lipinski definition) is 1. The molecule has 0 spiro atoms. The topological polar surface area (TPSA) is 72.3 Å². The molecule has 112 valence electrons. The molecule has 0 saturated carbocycles. The summed E-state index contributed by atoms with van der Waals surface area (Å²) >= 11 is 0. The Hall–Kier alpha value is -2.82. The van der Waals surface area contributed by atoms with Gasteiger partial charge in [-0.3, -0.25) is 4.79 Å². The molecule has 1 N–H and O–H groups in total. The Morgan fingerprint density at radius 1 is 1.23 bits per heavy atom. The summed E-state index contributed by atoms with van der Waals surface area (Å²) < 4.78 is 9.91. The summed E-state index contributed by atoms with van der Waals surface area (Å²) in [4.78, 5) is 27.1. The summed E-state index contributed by atoms with van der Waals surface area (Å²) in [6.07, 6.45) is 3.91. The van der Waals surface area contributed by atoms with E-state index in [0.29, 0.717) is 5.56 Å². The molecule has 0 atom stereocenters. The second-order valence-electron chi connectivity index (χ2n) is 4.87. The van der Waals surface area contributed by atoms with Crippen molar-refractivity contribution in [2.75, 3.05) is 6.61 Å². The van der Waals surface area contributed by atoms with Crippen molar-refractivity contribution >= 4 is 22.7 Å². The number of ether oxygens (including phenoxy) is 1. The fourth-order valence-electron chi connectivity index (χ4n) is 2.42. The fourth-order valence-corrected chi connectivity index (χ4v) is 2.42. The largest absolute Gasteiger partial charge is 0.457 e. The SMILES string of the molecule is CCc1cccc2c(C(=O)COC(=O)c3ccco3)c[nH]c12. The first-order valence-electron chi connectivity index (χ1n) is 7.03. The average Bonchev–Trinajstić information content (AvgIpc) is 3.20. The van der Waals surface area contributed by atoms with E-state index in [9.17, 15) is 9.59 Å². The third-order valence-corrected chi connectivity index (χ3v) is 3.54. The molecule has 0 saturated heterocycles. The predicted molar refractivity (Wildman–Crippen MR) is 81.0 cm³/mol. The molecule has 5 nitrogen and oxygen atoms in total. The third kappa shape index (κ3) is 2.53. The number of benzene rings is 1. The van der Waals surface area contributed by atoms with E-state index in [2.05, 4.69) is 11.9 Å². The van der Waals surface area contributed by atoms with Crippen molar-refractivity contribution in [3.63, 3.8) is 0 Å². The van der Waals surface area contributed by atoms with Crippen molar-refractivity contribution in [3.05, 3.63) is 59.7 Å². The third-order valence-electron chi connectivity index (χ3n) is 3.54. The van der Waals surface area contributed by atoms with Crippen LogP contribution in [0.15, 0.2) is 47.2 Å². The maximum absolute atomic E-state index is 12.3. The molecule has 3 aromatic rings. The monoisotopic (exact) mass is 297 g/mol. The Bertz CT molecular complexity index is 814. The van der Waals surface area contributed by atoms with Crippen molar-refractivity contribution in [1.29, 1.82) is 0 Å². The molecule has 3 rings (SSSR count). The van der Waals surface area contributed by atoms with Crippen molar-refractivity contribution in [3.8, 4) is 0 Å². The van der Waals surface area contributed by atoms with E-state index in [-0.39, 0.29) is 18.2 Å². The predicted octanol–water partition coefficient (Wildman–Crippen LogP) is 3.36. The van der Waals surface area contributed by atoms with Gasteiger partial charge in [-0.2, -0.15) is 0 Å². The molecule has 1 aromatic carbocycles. The first-order chi connectivity index (χ1) is 10.7. The highest BCUT2D eigenvalue weighted by atomic mass is 16.5. The first kappa shape index (κ1) is 14.1. The van der Waals surface area contributed by atoms with Crippen LogP contribution in [0.5, 0.6) is 0 Å². The number of furan rings is 1. The van der Waals surface area contributed by atoms with E-state index in [1.165, 1.54) is 12.3 Å². The van der Waals surface area contributed by atoms with Gasteiger partial charge in [0.2, 0.25) is 11.5 Å².